The summed E-state index contributed by atoms with van der Waals surface area (Å²) in [6.45, 7) is 6.13. The zero-order chi connectivity index (χ0) is 13.3. The number of anilines is 1. The Balaban J connectivity index is 1.67. The van der Waals surface area contributed by atoms with E-state index >= 15 is 0 Å². The first-order valence-corrected chi connectivity index (χ1v) is 7.67. The Hall–Kier alpha value is -1.14. The number of hydrogen-bond donors (Lipinski definition) is 1. The molecule has 1 N–H and O–H groups in total. The second-order valence-electron chi connectivity index (χ2n) is 5.35. The highest BCUT2D eigenvalue weighted by molar-refractivity contribution is 7.13. The van der Waals surface area contributed by atoms with Gasteiger partial charge in [0.2, 0.25) is 0 Å². The Morgan fingerprint density at radius 1 is 1.63 bits per heavy atom. The summed E-state index contributed by atoms with van der Waals surface area (Å²) in [5.41, 5.74) is 0.785. The van der Waals surface area contributed by atoms with Crippen LogP contribution in [0.25, 0.3) is 0 Å². The third-order valence-corrected chi connectivity index (χ3v) is 4.76. The molecule has 3 heterocycles. The molecular weight excluding hydrogens is 262 g/mol. The Labute approximate surface area is 117 Å². The molecular formula is C13H19N3O2S. The van der Waals surface area contributed by atoms with Gasteiger partial charge in [0.05, 0.1) is 6.61 Å². The maximum absolute atomic E-state index is 12.4. The van der Waals surface area contributed by atoms with Gasteiger partial charge in [0.15, 0.2) is 5.13 Å². The zero-order valence-electron chi connectivity index (χ0n) is 11.1. The predicted octanol–water partition coefficient (Wildman–Crippen LogP) is 1.83. The van der Waals surface area contributed by atoms with E-state index in [-0.39, 0.29) is 11.3 Å². The molecule has 3 rings (SSSR count). The second kappa shape index (κ2) is 5.09. The molecule has 2 fully saturated rings. The Bertz CT molecular complexity index is 468. The first-order valence-electron chi connectivity index (χ1n) is 6.79. The van der Waals surface area contributed by atoms with E-state index in [1.54, 1.807) is 0 Å². The Kier molecular flexibility index (Phi) is 3.45. The lowest BCUT2D eigenvalue weighted by atomic mass is 9.87. The van der Waals surface area contributed by atoms with Crippen LogP contribution >= 0.6 is 11.3 Å². The monoisotopic (exact) mass is 281 g/mol. The van der Waals surface area contributed by atoms with Crippen molar-refractivity contribution in [2.45, 2.75) is 19.8 Å². The van der Waals surface area contributed by atoms with Gasteiger partial charge < -0.3 is 15.0 Å². The minimum absolute atomic E-state index is 0.0594. The van der Waals surface area contributed by atoms with Gasteiger partial charge in [-0.2, -0.15) is 0 Å². The van der Waals surface area contributed by atoms with E-state index in [0.29, 0.717) is 5.69 Å². The molecule has 0 bridgehead atoms. The van der Waals surface area contributed by atoms with E-state index in [9.17, 15) is 4.79 Å². The summed E-state index contributed by atoms with van der Waals surface area (Å²) in [7, 11) is 0. The molecule has 0 radical (unpaired) electrons. The maximum atomic E-state index is 12.4. The van der Waals surface area contributed by atoms with Gasteiger partial charge in [0.1, 0.15) is 5.69 Å². The van der Waals surface area contributed by atoms with Crippen LogP contribution in [0.5, 0.6) is 0 Å². The summed E-state index contributed by atoms with van der Waals surface area (Å²) >= 11 is 1.49. The van der Waals surface area contributed by atoms with Gasteiger partial charge in [-0.3, -0.25) is 4.79 Å². The number of thiazole rings is 1. The number of carbonyl (C=O) groups is 1. The van der Waals surface area contributed by atoms with Crippen molar-refractivity contribution in [3.63, 3.8) is 0 Å². The van der Waals surface area contributed by atoms with Crippen LogP contribution < -0.4 is 5.32 Å². The molecule has 104 valence electrons. The molecule has 1 aromatic rings. The average molecular weight is 281 g/mol. The molecule has 0 aliphatic carbocycles. The van der Waals surface area contributed by atoms with Crippen molar-refractivity contribution >= 4 is 22.4 Å². The highest BCUT2D eigenvalue weighted by Gasteiger charge is 2.43. The molecule has 2 saturated heterocycles. The van der Waals surface area contributed by atoms with E-state index in [4.69, 9.17) is 4.74 Å². The van der Waals surface area contributed by atoms with Crippen LogP contribution in [0.2, 0.25) is 0 Å². The molecule has 2 aliphatic rings. The first kappa shape index (κ1) is 12.9. The van der Waals surface area contributed by atoms with Crippen LogP contribution in [0.15, 0.2) is 5.38 Å². The normalized spacial score (nSPS) is 26.3. The third-order valence-electron chi connectivity index (χ3n) is 3.96. The van der Waals surface area contributed by atoms with E-state index < -0.39 is 0 Å². The second-order valence-corrected chi connectivity index (χ2v) is 6.21. The SMILES string of the molecule is CCNc1nc(C(=O)N2CCC3(CCOC3)C2)cs1. The quantitative estimate of drug-likeness (QED) is 0.918. The van der Waals surface area contributed by atoms with Crippen LogP contribution in [0.3, 0.4) is 0 Å². The largest absolute Gasteiger partial charge is 0.381 e. The Morgan fingerprint density at radius 3 is 3.26 bits per heavy atom. The summed E-state index contributed by atoms with van der Waals surface area (Å²) < 4.78 is 5.49. The summed E-state index contributed by atoms with van der Waals surface area (Å²) in [5, 5.41) is 5.81. The van der Waals surface area contributed by atoms with Gasteiger partial charge in [-0.25, -0.2) is 4.98 Å². The first-order chi connectivity index (χ1) is 9.22. The van der Waals surface area contributed by atoms with E-state index in [1.807, 2.05) is 17.2 Å². The molecule has 0 aromatic carbocycles. The van der Waals surface area contributed by atoms with E-state index in [0.717, 1.165) is 50.8 Å². The molecule has 19 heavy (non-hydrogen) atoms. The number of ether oxygens (including phenoxy) is 1. The molecule has 0 saturated carbocycles. The van der Waals surface area contributed by atoms with Gasteiger partial charge >= 0.3 is 0 Å². The topological polar surface area (TPSA) is 54.5 Å². The van der Waals surface area contributed by atoms with Crippen LogP contribution in [-0.2, 0) is 4.74 Å². The standard InChI is InChI=1S/C13H19N3O2S/c1-2-14-12-15-10(7-19-12)11(17)16-5-3-13(8-16)4-6-18-9-13/h7H,2-6,8-9H2,1H3,(H,14,15). The number of nitrogens with zero attached hydrogens (tertiary/aromatic N) is 2. The molecule has 1 spiro atoms. The van der Waals surface area contributed by atoms with Gasteiger partial charge in [-0.1, -0.05) is 0 Å². The number of rotatable bonds is 3. The van der Waals surface area contributed by atoms with Crippen molar-refractivity contribution in [1.82, 2.24) is 9.88 Å². The van der Waals surface area contributed by atoms with Crippen molar-refractivity contribution in [3.8, 4) is 0 Å². The maximum Gasteiger partial charge on any atom is 0.273 e. The summed E-state index contributed by atoms with van der Waals surface area (Å²) in [6.07, 6.45) is 2.14. The van der Waals surface area contributed by atoms with Gasteiger partial charge in [0.25, 0.3) is 5.91 Å². The van der Waals surface area contributed by atoms with Gasteiger partial charge in [-0.15, -0.1) is 11.3 Å². The summed E-state index contributed by atoms with van der Waals surface area (Å²) in [4.78, 5) is 18.7. The van der Waals surface area contributed by atoms with Gasteiger partial charge in [-0.05, 0) is 19.8 Å². The fourth-order valence-corrected chi connectivity index (χ4v) is 3.60. The Morgan fingerprint density at radius 2 is 2.53 bits per heavy atom. The summed E-state index contributed by atoms with van der Waals surface area (Å²) in [5.74, 6) is 0.0594. The molecule has 1 amide bonds. The number of amides is 1. The van der Waals surface area contributed by atoms with Gasteiger partial charge in [0, 0.05) is 37.0 Å². The number of carbonyl (C=O) groups excluding carboxylic acids is 1. The third kappa shape index (κ3) is 2.47. The van der Waals surface area contributed by atoms with Crippen LogP contribution in [0.1, 0.15) is 30.3 Å². The zero-order valence-corrected chi connectivity index (χ0v) is 12.0. The van der Waals surface area contributed by atoms with E-state index in [2.05, 4.69) is 10.3 Å². The van der Waals surface area contributed by atoms with Crippen LogP contribution in [-0.4, -0.2) is 48.6 Å². The molecule has 1 unspecified atom stereocenters. The highest BCUT2D eigenvalue weighted by Crippen LogP contribution is 2.38. The molecule has 5 nitrogen and oxygen atoms in total. The predicted molar refractivity (Wildman–Crippen MR) is 74.7 cm³/mol. The lowest BCUT2D eigenvalue weighted by Gasteiger charge is -2.21. The minimum Gasteiger partial charge on any atom is -0.381 e. The van der Waals surface area contributed by atoms with Crippen LogP contribution in [0.4, 0.5) is 5.13 Å². The van der Waals surface area contributed by atoms with Crippen molar-refractivity contribution in [3.05, 3.63) is 11.1 Å². The smallest absolute Gasteiger partial charge is 0.273 e. The molecule has 1 atom stereocenters. The number of nitrogens with one attached hydrogen (secondary N) is 1. The highest BCUT2D eigenvalue weighted by atomic mass is 32.1. The molecule has 6 heteroatoms. The minimum atomic E-state index is 0.0594. The average Bonchev–Trinajstić information content (AvgIpc) is 3.13. The lowest BCUT2D eigenvalue weighted by molar-refractivity contribution is 0.0761. The van der Waals surface area contributed by atoms with Crippen molar-refractivity contribution < 1.29 is 9.53 Å². The fourth-order valence-electron chi connectivity index (χ4n) is 2.85. The van der Waals surface area contributed by atoms with E-state index in [1.165, 1.54) is 11.3 Å². The number of aromatic nitrogens is 1. The van der Waals surface area contributed by atoms with Crippen molar-refractivity contribution in [2.75, 3.05) is 38.2 Å². The lowest BCUT2D eigenvalue weighted by Crippen LogP contribution is -2.32. The molecule has 2 aliphatic heterocycles. The van der Waals surface area contributed by atoms with Crippen molar-refractivity contribution in [2.24, 2.45) is 5.41 Å². The number of hydrogen-bond acceptors (Lipinski definition) is 5. The molecule has 1 aromatic heterocycles. The van der Waals surface area contributed by atoms with Crippen molar-refractivity contribution in [1.29, 1.82) is 0 Å². The summed E-state index contributed by atoms with van der Waals surface area (Å²) in [6, 6.07) is 0. The van der Waals surface area contributed by atoms with Crippen LogP contribution in [0, 0.1) is 5.41 Å². The number of likely N-dealkylation sites (tertiary alicyclic amines) is 1. The fraction of sp³-hybridized carbons (Fsp3) is 0.692.